The molecule has 2 aromatic carbocycles. The first kappa shape index (κ1) is 17.5. The average Bonchev–Trinajstić information content (AvgIpc) is 2.41. The fourth-order valence-corrected chi connectivity index (χ4v) is 1.89. The molecular formula is C13H11F3O3S2. The molecular weight excluding hydrogens is 325 g/mol. The van der Waals surface area contributed by atoms with E-state index in [1.54, 1.807) is 12.1 Å². The van der Waals surface area contributed by atoms with Crippen LogP contribution < -0.4 is 0 Å². The summed E-state index contributed by atoms with van der Waals surface area (Å²) < 4.78 is 67.8. The Kier molecular flexibility index (Phi) is 5.82. The first-order valence-corrected chi connectivity index (χ1v) is 7.41. The monoisotopic (exact) mass is 336 g/mol. The van der Waals surface area contributed by atoms with Gasteiger partial charge in [-0.2, -0.15) is 4.39 Å². The van der Waals surface area contributed by atoms with E-state index >= 15 is 0 Å². The van der Waals surface area contributed by atoms with Crippen LogP contribution in [0.3, 0.4) is 0 Å². The summed E-state index contributed by atoms with van der Waals surface area (Å²) >= 11 is 2.75. The minimum atomic E-state index is -4.27. The molecule has 114 valence electrons. The fourth-order valence-electron chi connectivity index (χ4n) is 1.23. The molecule has 3 nitrogen and oxygen atoms in total. The van der Waals surface area contributed by atoms with E-state index in [1.807, 2.05) is 6.92 Å². The Hall–Kier alpha value is -1.51. The summed E-state index contributed by atoms with van der Waals surface area (Å²) in [5.41, 5.74) is 0.928. The van der Waals surface area contributed by atoms with Crippen LogP contribution in [0, 0.1) is 24.4 Å². The Labute approximate surface area is 125 Å². The lowest BCUT2D eigenvalue weighted by molar-refractivity contribution is 0.435. The predicted molar refractivity (Wildman–Crippen MR) is 73.9 cm³/mol. The summed E-state index contributed by atoms with van der Waals surface area (Å²) in [5, 5.41) is 0. The Morgan fingerprint density at radius 2 is 1.48 bits per heavy atom. The number of hydrogen-bond donors (Lipinski definition) is 0. The largest absolute Gasteiger partial charge is 0.744 e. The van der Waals surface area contributed by atoms with E-state index in [0.717, 1.165) is 17.7 Å². The highest BCUT2D eigenvalue weighted by Gasteiger charge is 2.13. The molecule has 0 radical (unpaired) electrons. The fraction of sp³-hybridized carbons (Fsp3) is 0.0769. The van der Waals surface area contributed by atoms with Crippen LogP contribution in [-0.2, 0) is 22.7 Å². The van der Waals surface area contributed by atoms with Crippen molar-refractivity contribution < 1.29 is 26.1 Å². The SMILES string of the molecule is Cc1ccc(S(=O)(=O)[O-])cc1.Fc1ccc([SH2+])c(F)c1F. The highest BCUT2D eigenvalue weighted by Crippen LogP contribution is 2.13. The van der Waals surface area contributed by atoms with Gasteiger partial charge in [-0.25, -0.2) is 17.2 Å². The molecule has 0 spiro atoms. The summed E-state index contributed by atoms with van der Waals surface area (Å²) in [7, 11) is -4.27. The molecule has 21 heavy (non-hydrogen) atoms. The van der Waals surface area contributed by atoms with Gasteiger partial charge in [-0.3, -0.25) is 0 Å². The normalized spacial score (nSPS) is 10.8. The third-order valence-corrected chi connectivity index (χ3v) is 3.58. The van der Waals surface area contributed by atoms with Gasteiger partial charge in [0.1, 0.15) is 10.1 Å². The minimum absolute atomic E-state index is 0.0844. The lowest BCUT2D eigenvalue weighted by Gasteiger charge is -2.05. The van der Waals surface area contributed by atoms with Crippen molar-refractivity contribution in [1.29, 1.82) is 0 Å². The summed E-state index contributed by atoms with van der Waals surface area (Å²) in [5.74, 6) is -3.83. The number of halogens is 3. The highest BCUT2D eigenvalue weighted by molar-refractivity contribution is 7.85. The molecule has 0 atom stereocenters. The molecule has 0 fully saturated rings. The molecule has 0 saturated carbocycles. The van der Waals surface area contributed by atoms with Crippen LogP contribution in [0.4, 0.5) is 13.2 Å². The first-order valence-electron chi connectivity index (χ1n) is 5.50. The molecule has 0 aromatic heterocycles. The van der Waals surface area contributed by atoms with Crippen LogP contribution in [0.5, 0.6) is 0 Å². The van der Waals surface area contributed by atoms with E-state index in [4.69, 9.17) is 0 Å². The molecule has 0 amide bonds. The molecule has 2 aromatic rings. The van der Waals surface area contributed by atoms with Crippen molar-refractivity contribution in [1.82, 2.24) is 0 Å². The highest BCUT2D eigenvalue weighted by atomic mass is 32.2. The average molecular weight is 336 g/mol. The van der Waals surface area contributed by atoms with Crippen LogP contribution in [0.2, 0.25) is 0 Å². The van der Waals surface area contributed by atoms with Gasteiger partial charge in [0.05, 0.1) is 4.90 Å². The van der Waals surface area contributed by atoms with Crippen molar-refractivity contribution in [3.05, 3.63) is 59.4 Å². The molecule has 8 heteroatoms. The summed E-state index contributed by atoms with van der Waals surface area (Å²) in [6.45, 7) is 1.82. The van der Waals surface area contributed by atoms with Crippen molar-refractivity contribution in [2.24, 2.45) is 0 Å². The first-order chi connectivity index (χ1) is 9.62. The second-order valence-electron chi connectivity index (χ2n) is 3.99. The molecule has 0 aliphatic carbocycles. The van der Waals surface area contributed by atoms with Gasteiger partial charge >= 0.3 is 0 Å². The van der Waals surface area contributed by atoms with Gasteiger partial charge in [0.2, 0.25) is 5.82 Å². The van der Waals surface area contributed by atoms with E-state index in [0.29, 0.717) is 0 Å². The van der Waals surface area contributed by atoms with E-state index in [-0.39, 0.29) is 9.79 Å². The maximum Gasteiger partial charge on any atom is 0.216 e. The van der Waals surface area contributed by atoms with Crippen LogP contribution in [0.1, 0.15) is 5.56 Å². The van der Waals surface area contributed by atoms with Gasteiger partial charge in [0.15, 0.2) is 16.5 Å². The predicted octanol–water partition coefficient (Wildman–Crippen LogP) is 2.37. The summed E-state index contributed by atoms with van der Waals surface area (Å²) in [6, 6.07) is 7.73. The topological polar surface area (TPSA) is 57.2 Å². The van der Waals surface area contributed by atoms with Crippen molar-refractivity contribution in [3.8, 4) is 0 Å². The quantitative estimate of drug-likeness (QED) is 0.456. The zero-order valence-electron chi connectivity index (χ0n) is 10.7. The molecule has 0 saturated heterocycles. The lowest BCUT2D eigenvalue weighted by Crippen LogP contribution is -1.97. The third kappa shape index (κ3) is 5.07. The molecule has 0 aliphatic heterocycles. The maximum atomic E-state index is 12.3. The van der Waals surface area contributed by atoms with Crippen molar-refractivity contribution in [2.75, 3.05) is 0 Å². The van der Waals surface area contributed by atoms with Crippen molar-refractivity contribution >= 4 is 22.7 Å². The smallest absolute Gasteiger partial charge is 0.216 e. The molecule has 0 bridgehead atoms. The number of aryl methyl sites for hydroxylation is 1. The second kappa shape index (κ2) is 6.97. The summed E-state index contributed by atoms with van der Waals surface area (Å²) in [4.78, 5) is -0.262. The van der Waals surface area contributed by atoms with E-state index in [2.05, 4.69) is 12.6 Å². The maximum absolute atomic E-state index is 12.3. The van der Waals surface area contributed by atoms with Gasteiger partial charge in [-0.1, -0.05) is 17.7 Å². The summed E-state index contributed by atoms with van der Waals surface area (Å²) in [6.07, 6.45) is 0. The lowest BCUT2D eigenvalue weighted by atomic mass is 10.2. The van der Waals surface area contributed by atoms with Gasteiger partial charge in [-0.05, 0) is 43.8 Å². The molecule has 0 aliphatic rings. The molecule has 0 unspecified atom stereocenters. The third-order valence-electron chi connectivity index (χ3n) is 2.34. The van der Waals surface area contributed by atoms with Gasteiger partial charge in [0.25, 0.3) is 0 Å². The Bertz CT molecular complexity index is 702. The Balaban J connectivity index is 0.000000211. The minimum Gasteiger partial charge on any atom is -0.744 e. The molecule has 2 rings (SSSR count). The van der Waals surface area contributed by atoms with Crippen LogP contribution in [0.25, 0.3) is 0 Å². The van der Waals surface area contributed by atoms with Crippen molar-refractivity contribution in [2.45, 2.75) is 16.7 Å². The second-order valence-corrected chi connectivity index (χ2v) is 5.91. The Morgan fingerprint density at radius 3 is 1.90 bits per heavy atom. The van der Waals surface area contributed by atoms with E-state index in [9.17, 15) is 26.1 Å². The van der Waals surface area contributed by atoms with Gasteiger partial charge in [0, 0.05) is 0 Å². The van der Waals surface area contributed by atoms with Crippen LogP contribution in [0.15, 0.2) is 46.2 Å². The van der Waals surface area contributed by atoms with E-state index < -0.39 is 27.6 Å². The van der Waals surface area contributed by atoms with Crippen molar-refractivity contribution in [3.63, 3.8) is 0 Å². The van der Waals surface area contributed by atoms with Gasteiger partial charge < -0.3 is 4.55 Å². The zero-order valence-corrected chi connectivity index (χ0v) is 12.5. The molecule has 0 heterocycles. The number of hydrogen-bond acceptors (Lipinski definition) is 3. The zero-order chi connectivity index (χ0) is 16.2. The van der Waals surface area contributed by atoms with Crippen LogP contribution in [-0.4, -0.2) is 13.0 Å². The number of rotatable bonds is 1. The standard InChI is InChI=1S/C7H8O3S.C6H3F3S/c1-6-2-4-7(5-3-6)11(8,9)10;7-3-1-2-4(10)6(9)5(3)8/h2-5H,1H3,(H,8,9,10);1-2,10H. The number of benzene rings is 2. The Morgan fingerprint density at radius 1 is 0.952 bits per heavy atom. The van der Waals surface area contributed by atoms with Gasteiger partial charge in [-0.15, -0.1) is 0 Å². The molecule has 0 N–H and O–H groups in total. The van der Waals surface area contributed by atoms with E-state index in [1.165, 1.54) is 12.1 Å². The van der Waals surface area contributed by atoms with Crippen LogP contribution >= 0.6 is 0 Å².